The number of nitrogens with zero attached hydrogens (tertiary/aromatic N) is 5. The largest absolute Gasteiger partial charge is 0.368 e. The van der Waals surface area contributed by atoms with Crippen LogP contribution >= 0.6 is 11.3 Å². The number of fused-ring (bicyclic) bond motifs is 1. The van der Waals surface area contributed by atoms with Crippen LogP contribution in [0.2, 0.25) is 0 Å². The number of nitrogens with one attached hydrogen (secondary N) is 1. The normalized spacial score (nSPS) is 21.0. The molecule has 1 saturated heterocycles. The highest BCUT2D eigenvalue weighted by molar-refractivity contribution is 7.17. The van der Waals surface area contributed by atoms with E-state index in [1.807, 2.05) is 35.2 Å². The quantitative estimate of drug-likeness (QED) is 0.399. The summed E-state index contributed by atoms with van der Waals surface area (Å²) in [5.41, 5.74) is 8.34. The highest BCUT2D eigenvalue weighted by Crippen LogP contribution is 2.55. The van der Waals surface area contributed by atoms with E-state index in [-0.39, 0.29) is 29.2 Å². The molecule has 4 aromatic rings. The summed E-state index contributed by atoms with van der Waals surface area (Å²) in [6, 6.07) is 13.5. The summed E-state index contributed by atoms with van der Waals surface area (Å²) < 4.78 is 2.15. The van der Waals surface area contributed by atoms with Crippen molar-refractivity contribution >= 4 is 46.1 Å². The number of hydrogen-bond donors (Lipinski definition) is 2. The predicted molar refractivity (Wildman–Crippen MR) is 140 cm³/mol. The number of nitrogens with two attached hydrogens (primary N) is 1. The van der Waals surface area contributed by atoms with Gasteiger partial charge in [-0.25, -0.2) is 15.0 Å². The second-order valence-corrected chi connectivity index (χ2v) is 10.6. The fraction of sp³-hybridized carbons (Fsp3) is 0.269. The summed E-state index contributed by atoms with van der Waals surface area (Å²) in [5, 5.41) is 3.04. The van der Waals surface area contributed by atoms with Gasteiger partial charge in [0.05, 0.1) is 26.5 Å². The molecular formula is C26H25N7O2S. The molecule has 0 bridgehead atoms. The van der Waals surface area contributed by atoms with E-state index in [0.29, 0.717) is 16.5 Å². The molecule has 2 amide bonds. The molecule has 0 radical (unpaired) electrons. The first kappa shape index (κ1) is 22.4. The summed E-state index contributed by atoms with van der Waals surface area (Å²) in [5.74, 6) is 0.510. The Morgan fingerprint density at radius 2 is 2.00 bits per heavy atom. The third kappa shape index (κ3) is 3.83. The van der Waals surface area contributed by atoms with Gasteiger partial charge in [-0.05, 0) is 61.1 Å². The average Bonchev–Trinajstić information content (AvgIpc) is 3.59. The van der Waals surface area contributed by atoms with Crippen molar-refractivity contribution in [1.29, 1.82) is 0 Å². The Hall–Kier alpha value is -4.05. The number of benzene rings is 1. The van der Waals surface area contributed by atoms with E-state index in [9.17, 15) is 9.59 Å². The van der Waals surface area contributed by atoms with E-state index in [0.717, 1.165) is 48.3 Å². The van der Waals surface area contributed by atoms with Crippen LogP contribution in [-0.4, -0.2) is 49.3 Å². The molecule has 2 fully saturated rings. The van der Waals surface area contributed by atoms with Crippen molar-refractivity contribution in [1.82, 2.24) is 24.4 Å². The fourth-order valence-electron chi connectivity index (χ4n) is 5.48. The number of thiophene rings is 1. The zero-order valence-corrected chi connectivity index (χ0v) is 20.4. The molecule has 0 unspecified atom stereocenters. The minimum atomic E-state index is -0.220. The topological polar surface area (TPSA) is 119 Å². The van der Waals surface area contributed by atoms with Crippen molar-refractivity contribution in [2.24, 2.45) is 5.41 Å². The molecule has 3 N–H and O–H groups in total. The molecule has 182 valence electrons. The van der Waals surface area contributed by atoms with Gasteiger partial charge in [-0.3, -0.25) is 14.9 Å². The monoisotopic (exact) mass is 499 g/mol. The number of imidazole rings is 1. The first-order valence-electron chi connectivity index (χ1n) is 11.8. The number of para-hydroxylation sites is 2. The fourth-order valence-corrected chi connectivity index (χ4v) is 6.35. The van der Waals surface area contributed by atoms with Crippen LogP contribution < -0.4 is 11.1 Å². The van der Waals surface area contributed by atoms with Crippen LogP contribution in [0.15, 0.2) is 61.3 Å². The molecule has 10 heteroatoms. The van der Waals surface area contributed by atoms with Crippen LogP contribution in [-0.2, 0) is 4.79 Å². The Bertz CT molecular complexity index is 1500. The number of aromatic nitrogens is 4. The van der Waals surface area contributed by atoms with Gasteiger partial charge in [0.2, 0.25) is 17.8 Å². The molecule has 1 aliphatic carbocycles. The van der Waals surface area contributed by atoms with Gasteiger partial charge in [-0.1, -0.05) is 18.7 Å². The van der Waals surface area contributed by atoms with Crippen LogP contribution in [0.5, 0.6) is 0 Å². The van der Waals surface area contributed by atoms with Gasteiger partial charge in [0.1, 0.15) is 0 Å². The second kappa shape index (κ2) is 8.56. The number of amides is 2. The molecule has 0 atom stereocenters. The Labute approximate surface area is 211 Å². The summed E-state index contributed by atoms with van der Waals surface area (Å²) in [4.78, 5) is 41.5. The lowest BCUT2D eigenvalue weighted by molar-refractivity contribution is -0.125. The summed E-state index contributed by atoms with van der Waals surface area (Å²) in [6.07, 6.45) is 5.86. The Morgan fingerprint density at radius 3 is 2.81 bits per heavy atom. The number of likely N-dealkylation sites (tertiary alicyclic amines) is 1. The molecule has 6 rings (SSSR count). The zero-order valence-electron chi connectivity index (χ0n) is 19.6. The molecule has 2 aliphatic rings. The summed E-state index contributed by atoms with van der Waals surface area (Å²) >= 11 is 1.34. The molecule has 3 aromatic heterocycles. The lowest BCUT2D eigenvalue weighted by Gasteiger charge is -2.46. The summed E-state index contributed by atoms with van der Waals surface area (Å²) in [6.45, 7) is 5.14. The number of carbonyl (C=O) groups is 2. The number of rotatable bonds is 5. The van der Waals surface area contributed by atoms with E-state index in [1.165, 1.54) is 17.4 Å². The SMILES string of the molecule is C=CC(=O)N1CCC2(CC(n3c(NC(=O)c4ccc(-c5ccnc(N)n5)s4)nc4ccccc43)C2)C1. The minimum absolute atomic E-state index is 0.00340. The van der Waals surface area contributed by atoms with Crippen LogP contribution in [0.3, 0.4) is 0 Å². The minimum Gasteiger partial charge on any atom is -0.368 e. The van der Waals surface area contributed by atoms with Crippen molar-refractivity contribution in [3.05, 3.63) is 66.2 Å². The number of anilines is 2. The predicted octanol–water partition coefficient (Wildman–Crippen LogP) is 4.13. The molecule has 4 heterocycles. The third-order valence-electron chi connectivity index (χ3n) is 7.20. The summed E-state index contributed by atoms with van der Waals surface area (Å²) in [7, 11) is 0. The maximum Gasteiger partial charge on any atom is 0.268 e. The molecule has 1 saturated carbocycles. The van der Waals surface area contributed by atoms with Gasteiger partial charge in [0.25, 0.3) is 5.91 Å². The van der Waals surface area contributed by atoms with Gasteiger partial charge >= 0.3 is 0 Å². The average molecular weight is 500 g/mol. The Balaban J connectivity index is 1.24. The molecule has 1 aliphatic heterocycles. The van der Waals surface area contributed by atoms with Crippen LogP contribution in [0.1, 0.15) is 35.0 Å². The maximum absolute atomic E-state index is 13.2. The Morgan fingerprint density at radius 1 is 1.17 bits per heavy atom. The molecular weight excluding hydrogens is 474 g/mol. The highest BCUT2D eigenvalue weighted by Gasteiger charge is 2.50. The van der Waals surface area contributed by atoms with E-state index in [4.69, 9.17) is 10.7 Å². The maximum atomic E-state index is 13.2. The first-order valence-corrected chi connectivity index (χ1v) is 12.6. The first-order chi connectivity index (χ1) is 17.4. The van der Waals surface area contributed by atoms with Crippen LogP contribution in [0, 0.1) is 5.41 Å². The second-order valence-electron chi connectivity index (χ2n) is 9.49. The van der Waals surface area contributed by atoms with E-state index in [1.54, 1.807) is 18.3 Å². The lowest BCUT2D eigenvalue weighted by atomic mass is 9.65. The van der Waals surface area contributed by atoms with E-state index < -0.39 is 0 Å². The van der Waals surface area contributed by atoms with Crippen molar-refractivity contribution < 1.29 is 9.59 Å². The van der Waals surface area contributed by atoms with Crippen molar-refractivity contribution in [3.63, 3.8) is 0 Å². The van der Waals surface area contributed by atoms with Gasteiger partial charge < -0.3 is 15.2 Å². The standard InChI is InChI=1S/C26H25N7O2S/c1-2-22(34)32-12-10-26(15-32)13-16(14-26)33-19-6-4-3-5-17(19)30-25(33)31-23(35)21-8-7-20(36-21)18-9-11-28-24(27)29-18/h2-9,11,16H,1,10,12-15H2,(H2,27,28,29)(H,30,31,35). The number of hydrogen-bond acceptors (Lipinski definition) is 7. The van der Waals surface area contributed by atoms with Crippen molar-refractivity contribution in [2.75, 3.05) is 24.1 Å². The highest BCUT2D eigenvalue weighted by atomic mass is 32.1. The number of nitrogen functional groups attached to an aromatic ring is 1. The third-order valence-corrected chi connectivity index (χ3v) is 8.31. The van der Waals surface area contributed by atoms with Gasteiger partial charge in [-0.15, -0.1) is 11.3 Å². The zero-order chi connectivity index (χ0) is 24.9. The number of carbonyl (C=O) groups excluding carboxylic acids is 2. The molecule has 1 spiro atoms. The van der Waals surface area contributed by atoms with Gasteiger partial charge in [0, 0.05) is 25.3 Å². The Kier molecular flexibility index (Phi) is 5.33. The van der Waals surface area contributed by atoms with Crippen LogP contribution in [0.4, 0.5) is 11.9 Å². The van der Waals surface area contributed by atoms with Crippen molar-refractivity contribution in [2.45, 2.75) is 25.3 Å². The van der Waals surface area contributed by atoms with E-state index >= 15 is 0 Å². The molecule has 36 heavy (non-hydrogen) atoms. The molecule has 9 nitrogen and oxygen atoms in total. The molecule has 1 aromatic carbocycles. The van der Waals surface area contributed by atoms with Gasteiger partial charge in [0.15, 0.2) is 0 Å². The smallest absolute Gasteiger partial charge is 0.268 e. The van der Waals surface area contributed by atoms with Crippen molar-refractivity contribution in [3.8, 4) is 10.6 Å². The van der Waals surface area contributed by atoms with E-state index in [2.05, 4.69) is 26.4 Å². The van der Waals surface area contributed by atoms with Crippen LogP contribution in [0.25, 0.3) is 21.6 Å². The van der Waals surface area contributed by atoms with Gasteiger partial charge in [-0.2, -0.15) is 0 Å². The lowest BCUT2D eigenvalue weighted by Crippen LogP contribution is -2.42.